The van der Waals surface area contributed by atoms with Gasteiger partial charge in [-0.25, -0.2) is 0 Å². The Morgan fingerprint density at radius 3 is 2.73 bits per heavy atom. The minimum atomic E-state index is 0.452. The third-order valence-electron chi connectivity index (χ3n) is 2.17. The van der Waals surface area contributed by atoms with Gasteiger partial charge < -0.3 is 10.6 Å². The molecule has 4 heteroatoms. The standard InChI is InChI=1S/C11H20N4/c1-4-12-5-9(2)13-7-11-8-14-10(3)6-15-11/h6,8-9,12-13H,4-5,7H2,1-3H3. The van der Waals surface area contributed by atoms with Crippen LogP contribution in [0.5, 0.6) is 0 Å². The second-order valence-electron chi connectivity index (χ2n) is 3.74. The van der Waals surface area contributed by atoms with Crippen LogP contribution in [0.15, 0.2) is 12.4 Å². The largest absolute Gasteiger partial charge is 0.315 e. The van der Waals surface area contributed by atoms with Gasteiger partial charge in [-0.05, 0) is 20.4 Å². The highest BCUT2D eigenvalue weighted by Crippen LogP contribution is 1.94. The number of likely N-dealkylation sites (N-methyl/N-ethyl adjacent to an activating group) is 1. The van der Waals surface area contributed by atoms with Crippen LogP contribution in [0.4, 0.5) is 0 Å². The van der Waals surface area contributed by atoms with Gasteiger partial charge in [0.2, 0.25) is 0 Å². The van der Waals surface area contributed by atoms with Crippen molar-refractivity contribution < 1.29 is 0 Å². The first-order valence-corrected chi connectivity index (χ1v) is 5.44. The fourth-order valence-electron chi connectivity index (χ4n) is 1.22. The molecule has 0 spiro atoms. The van der Waals surface area contributed by atoms with E-state index in [0.29, 0.717) is 6.04 Å². The highest BCUT2D eigenvalue weighted by atomic mass is 15.0. The molecule has 0 aliphatic carbocycles. The topological polar surface area (TPSA) is 49.8 Å². The Labute approximate surface area is 91.5 Å². The number of hydrogen-bond donors (Lipinski definition) is 2. The number of aryl methyl sites for hydroxylation is 1. The lowest BCUT2D eigenvalue weighted by Crippen LogP contribution is -2.36. The van der Waals surface area contributed by atoms with Crippen molar-refractivity contribution in [3.8, 4) is 0 Å². The van der Waals surface area contributed by atoms with Crippen LogP contribution in [0.3, 0.4) is 0 Å². The maximum atomic E-state index is 4.29. The van der Waals surface area contributed by atoms with Crippen LogP contribution in [0.25, 0.3) is 0 Å². The van der Waals surface area contributed by atoms with Crippen LogP contribution in [-0.4, -0.2) is 29.1 Å². The molecule has 0 saturated carbocycles. The molecule has 0 saturated heterocycles. The SMILES string of the molecule is CCNCC(C)NCc1cnc(C)cn1. The van der Waals surface area contributed by atoms with Crippen molar-refractivity contribution in [2.45, 2.75) is 33.4 Å². The lowest BCUT2D eigenvalue weighted by molar-refractivity contribution is 0.504. The molecule has 1 aromatic heterocycles. The molecule has 0 amide bonds. The highest BCUT2D eigenvalue weighted by Gasteiger charge is 2.00. The number of rotatable bonds is 6. The van der Waals surface area contributed by atoms with Gasteiger partial charge in [0.25, 0.3) is 0 Å². The van der Waals surface area contributed by atoms with E-state index in [-0.39, 0.29) is 0 Å². The van der Waals surface area contributed by atoms with Crippen LogP contribution >= 0.6 is 0 Å². The van der Waals surface area contributed by atoms with Gasteiger partial charge in [0.05, 0.1) is 11.4 Å². The Morgan fingerprint density at radius 1 is 1.33 bits per heavy atom. The van der Waals surface area contributed by atoms with Crippen molar-refractivity contribution in [3.63, 3.8) is 0 Å². The molecule has 1 heterocycles. The summed E-state index contributed by atoms with van der Waals surface area (Å²) in [5.41, 5.74) is 1.95. The lowest BCUT2D eigenvalue weighted by Gasteiger charge is -2.13. The molecule has 0 bridgehead atoms. The van der Waals surface area contributed by atoms with E-state index in [4.69, 9.17) is 0 Å². The first-order valence-electron chi connectivity index (χ1n) is 5.44. The Hall–Kier alpha value is -1.00. The Morgan fingerprint density at radius 2 is 2.13 bits per heavy atom. The molecule has 1 aromatic rings. The summed E-state index contributed by atoms with van der Waals surface area (Å²) in [5.74, 6) is 0. The second kappa shape index (κ2) is 6.48. The van der Waals surface area contributed by atoms with E-state index in [2.05, 4.69) is 34.4 Å². The molecule has 0 fully saturated rings. The molecular weight excluding hydrogens is 188 g/mol. The van der Waals surface area contributed by atoms with E-state index >= 15 is 0 Å². The Balaban J connectivity index is 2.27. The van der Waals surface area contributed by atoms with Gasteiger partial charge in [0.1, 0.15) is 0 Å². The molecule has 4 nitrogen and oxygen atoms in total. The van der Waals surface area contributed by atoms with Gasteiger partial charge in [-0.1, -0.05) is 6.92 Å². The Bertz CT molecular complexity index is 270. The summed E-state index contributed by atoms with van der Waals surface area (Å²) < 4.78 is 0. The molecule has 0 aliphatic rings. The van der Waals surface area contributed by atoms with Crippen molar-refractivity contribution in [2.24, 2.45) is 0 Å². The molecule has 0 aromatic carbocycles. The van der Waals surface area contributed by atoms with Gasteiger partial charge in [-0.2, -0.15) is 0 Å². The molecule has 84 valence electrons. The van der Waals surface area contributed by atoms with Crippen molar-refractivity contribution in [2.75, 3.05) is 13.1 Å². The first-order chi connectivity index (χ1) is 7.22. The van der Waals surface area contributed by atoms with Gasteiger partial charge in [0.15, 0.2) is 0 Å². The minimum absolute atomic E-state index is 0.452. The maximum Gasteiger partial charge on any atom is 0.0724 e. The molecule has 0 radical (unpaired) electrons. The van der Waals surface area contributed by atoms with E-state index in [1.54, 1.807) is 6.20 Å². The average molecular weight is 208 g/mol. The highest BCUT2D eigenvalue weighted by molar-refractivity contribution is 5.00. The molecule has 1 rings (SSSR count). The summed E-state index contributed by atoms with van der Waals surface area (Å²) in [4.78, 5) is 8.49. The number of hydrogen-bond acceptors (Lipinski definition) is 4. The van der Waals surface area contributed by atoms with E-state index in [9.17, 15) is 0 Å². The van der Waals surface area contributed by atoms with Crippen molar-refractivity contribution in [1.82, 2.24) is 20.6 Å². The van der Waals surface area contributed by atoms with Crippen molar-refractivity contribution in [3.05, 3.63) is 23.8 Å². The van der Waals surface area contributed by atoms with Crippen LogP contribution < -0.4 is 10.6 Å². The second-order valence-corrected chi connectivity index (χ2v) is 3.74. The zero-order valence-corrected chi connectivity index (χ0v) is 9.75. The Kier molecular flexibility index (Phi) is 5.21. The fourth-order valence-corrected chi connectivity index (χ4v) is 1.22. The van der Waals surface area contributed by atoms with Crippen LogP contribution in [0, 0.1) is 6.92 Å². The van der Waals surface area contributed by atoms with Crippen LogP contribution in [-0.2, 0) is 6.54 Å². The minimum Gasteiger partial charge on any atom is -0.315 e. The summed E-state index contributed by atoms with van der Waals surface area (Å²) in [6.45, 7) is 8.98. The summed E-state index contributed by atoms with van der Waals surface area (Å²) >= 11 is 0. The normalized spacial score (nSPS) is 12.7. The third kappa shape index (κ3) is 4.85. The summed E-state index contributed by atoms with van der Waals surface area (Å²) in [6, 6.07) is 0.452. The third-order valence-corrected chi connectivity index (χ3v) is 2.17. The molecule has 1 atom stereocenters. The van der Waals surface area contributed by atoms with Gasteiger partial charge >= 0.3 is 0 Å². The average Bonchev–Trinajstić information content (AvgIpc) is 2.25. The van der Waals surface area contributed by atoms with E-state index in [1.165, 1.54) is 0 Å². The van der Waals surface area contributed by atoms with E-state index in [0.717, 1.165) is 31.0 Å². The molecule has 2 N–H and O–H groups in total. The summed E-state index contributed by atoms with van der Waals surface area (Å²) in [6.07, 6.45) is 3.62. The number of aromatic nitrogens is 2. The zero-order valence-electron chi connectivity index (χ0n) is 9.75. The molecule has 15 heavy (non-hydrogen) atoms. The van der Waals surface area contributed by atoms with Gasteiger partial charge in [-0.3, -0.25) is 9.97 Å². The van der Waals surface area contributed by atoms with Crippen molar-refractivity contribution >= 4 is 0 Å². The lowest BCUT2D eigenvalue weighted by atomic mass is 10.3. The van der Waals surface area contributed by atoms with Crippen LogP contribution in [0.2, 0.25) is 0 Å². The summed E-state index contributed by atoms with van der Waals surface area (Å²) in [5, 5.41) is 6.68. The van der Waals surface area contributed by atoms with Crippen LogP contribution in [0.1, 0.15) is 25.2 Å². The maximum absolute atomic E-state index is 4.29. The summed E-state index contributed by atoms with van der Waals surface area (Å²) in [7, 11) is 0. The molecule has 1 unspecified atom stereocenters. The quantitative estimate of drug-likeness (QED) is 0.728. The first kappa shape index (κ1) is 12.1. The van der Waals surface area contributed by atoms with E-state index in [1.807, 2.05) is 13.1 Å². The number of nitrogens with zero attached hydrogens (tertiary/aromatic N) is 2. The number of nitrogens with one attached hydrogen (secondary N) is 2. The van der Waals surface area contributed by atoms with Gasteiger partial charge in [0, 0.05) is 31.5 Å². The molecule has 0 aliphatic heterocycles. The molecular formula is C11H20N4. The van der Waals surface area contributed by atoms with Crippen molar-refractivity contribution in [1.29, 1.82) is 0 Å². The predicted octanol–water partition coefficient (Wildman–Crippen LogP) is 0.873. The monoisotopic (exact) mass is 208 g/mol. The van der Waals surface area contributed by atoms with Gasteiger partial charge in [-0.15, -0.1) is 0 Å². The zero-order chi connectivity index (χ0) is 11.1. The predicted molar refractivity (Wildman–Crippen MR) is 61.6 cm³/mol. The van der Waals surface area contributed by atoms with E-state index < -0.39 is 0 Å². The fraction of sp³-hybridized carbons (Fsp3) is 0.636. The smallest absolute Gasteiger partial charge is 0.0724 e.